The lowest BCUT2D eigenvalue weighted by Gasteiger charge is -2.43. The van der Waals surface area contributed by atoms with Gasteiger partial charge in [-0.1, -0.05) is 30.3 Å². The number of aromatic nitrogens is 6. The molecular weight excluding hydrogens is 823 g/mol. The molecule has 3 N–H and O–H groups in total. The van der Waals surface area contributed by atoms with E-state index in [1.165, 1.54) is 29.7 Å². The normalized spacial score (nSPS) is 23.0. The van der Waals surface area contributed by atoms with Crippen LogP contribution in [0, 0.1) is 5.92 Å². The number of pyridine rings is 1. The van der Waals surface area contributed by atoms with Crippen LogP contribution < -0.4 is 21.1 Å². The number of piperazine rings is 1. The van der Waals surface area contributed by atoms with Gasteiger partial charge in [-0.15, -0.1) is 6.58 Å². The second-order valence-corrected chi connectivity index (χ2v) is 18.6. The Labute approximate surface area is 376 Å². The Morgan fingerprint density at radius 1 is 0.923 bits per heavy atom. The summed E-state index contributed by atoms with van der Waals surface area (Å²) in [4.78, 5) is 59.9. The number of anilines is 3. The van der Waals surface area contributed by atoms with Crippen molar-refractivity contribution >= 4 is 51.1 Å². The summed E-state index contributed by atoms with van der Waals surface area (Å²) >= 11 is 0. The van der Waals surface area contributed by atoms with E-state index < -0.39 is 11.5 Å². The number of benzene rings is 2. The van der Waals surface area contributed by atoms with Gasteiger partial charge in [-0.2, -0.15) is 4.98 Å². The molecule has 0 spiro atoms. The Kier molecular flexibility index (Phi) is 10.6. The first-order valence-electron chi connectivity index (χ1n) is 23.3. The van der Waals surface area contributed by atoms with Gasteiger partial charge in [0.05, 0.1) is 18.2 Å². The Morgan fingerprint density at radius 3 is 2.49 bits per heavy atom. The van der Waals surface area contributed by atoms with Gasteiger partial charge in [-0.05, 0) is 118 Å². The molecule has 3 fully saturated rings. The highest BCUT2D eigenvalue weighted by atomic mass is 16.5. The van der Waals surface area contributed by atoms with Crippen LogP contribution in [-0.2, 0) is 41.0 Å². The van der Waals surface area contributed by atoms with Crippen LogP contribution in [0.4, 0.5) is 17.3 Å². The number of hydrogen-bond acceptors (Lipinski definition) is 13. The van der Waals surface area contributed by atoms with Crippen LogP contribution in [0.25, 0.3) is 27.8 Å². The molecule has 4 aromatic heterocycles. The van der Waals surface area contributed by atoms with Crippen molar-refractivity contribution < 1.29 is 19.2 Å². The van der Waals surface area contributed by atoms with Gasteiger partial charge in [0.2, 0.25) is 17.8 Å². The summed E-state index contributed by atoms with van der Waals surface area (Å²) in [5.41, 5.74) is 6.91. The predicted octanol–water partition coefficient (Wildman–Crippen LogP) is 5.11. The van der Waals surface area contributed by atoms with Crippen molar-refractivity contribution in [3.63, 3.8) is 0 Å². The summed E-state index contributed by atoms with van der Waals surface area (Å²) < 4.78 is 9.16. The molecular formula is C49H55N11O5. The van der Waals surface area contributed by atoms with Crippen LogP contribution in [0.2, 0.25) is 0 Å². The molecule has 3 aliphatic heterocycles. The van der Waals surface area contributed by atoms with Crippen LogP contribution in [-0.4, -0.2) is 108 Å². The maximum absolute atomic E-state index is 13.6. The minimum Gasteiger partial charge on any atom is -0.384 e. The van der Waals surface area contributed by atoms with Crippen LogP contribution in [0.1, 0.15) is 79.4 Å². The molecule has 65 heavy (non-hydrogen) atoms. The molecule has 2 amide bonds. The molecule has 11 rings (SSSR count). The topological polar surface area (TPSA) is 180 Å². The Balaban J connectivity index is 0.685. The van der Waals surface area contributed by atoms with Gasteiger partial charge in [0.25, 0.3) is 5.56 Å². The molecule has 0 saturated carbocycles. The molecule has 0 bridgehead atoms. The van der Waals surface area contributed by atoms with Crippen molar-refractivity contribution in [2.75, 3.05) is 56.0 Å². The van der Waals surface area contributed by atoms with E-state index >= 15 is 0 Å². The number of hydrogen-bond donors (Lipinski definition) is 3. The van der Waals surface area contributed by atoms with Crippen LogP contribution >= 0.6 is 0 Å². The molecule has 3 saturated heterocycles. The average Bonchev–Trinajstić information content (AvgIpc) is 4.09. The van der Waals surface area contributed by atoms with E-state index in [1.807, 2.05) is 31.2 Å². The Hall–Kier alpha value is -6.23. The lowest BCUT2D eigenvalue weighted by molar-refractivity contribution is -0.134. The molecule has 6 aromatic rings. The van der Waals surface area contributed by atoms with E-state index in [4.69, 9.17) is 14.5 Å². The molecule has 2 aliphatic carbocycles. The van der Waals surface area contributed by atoms with Gasteiger partial charge < -0.3 is 24.7 Å². The van der Waals surface area contributed by atoms with Crippen molar-refractivity contribution in [2.24, 2.45) is 5.92 Å². The second-order valence-electron chi connectivity index (χ2n) is 18.6. The zero-order valence-corrected chi connectivity index (χ0v) is 36.8. The minimum atomic E-state index is -0.991. The first-order chi connectivity index (χ1) is 31.7. The third-order valence-corrected chi connectivity index (χ3v) is 14.8. The first kappa shape index (κ1) is 41.5. The van der Waals surface area contributed by atoms with E-state index in [9.17, 15) is 19.5 Å². The highest BCUT2D eigenvalue weighted by Crippen LogP contribution is 2.40. The largest absolute Gasteiger partial charge is 0.384 e. The number of rotatable bonds is 11. The summed E-state index contributed by atoms with van der Waals surface area (Å²) in [6.07, 6.45) is 10.3. The molecule has 3 atom stereocenters. The zero-order valence-electron chi connectivity index (χ0n) is 36.8. The van der Waals surface area contributed by atoms with Crippen molar-refractivity contribution in [2.45, 2.75) is 88.8 Å². The number of fused-ring (bicyclic) bond motifs is 5. The van der Waals surface area contributed by atoms with Crippen molar-refractivity contribution in [1.82, 2.24) is 44.6 Å². The zero-order chi connectivity index (χ0) is 44.4. The number of imide groups is 1. The summed E-state index contributed by atoms with van der Waals surface area (Å²) in [6, 6.07) is 17.1. The van der Waals surface area contributed by atoms with E-state index in [0.29, 0.717) is 71.8 Å². The van der Waals surface area contributed by atoms with Gasteiger partial charge in [0.1, 0.15) is 16.7 Å². The average molecular weight is 878 g/mol. The maximum Gasteiger partial charge on any atom is 0.278 e. The number of carbonyl (C=O) groups excluding carboxylic acids is 2. The van der Waals surface area contributed by atoms with E-state index in [-0.39, 0.29) is 23.9 Å². The number of aryl methyl sites for hydroxylation is 1. The van der Waals surface area contributed by atoms with Crippen molar-refractivity contribution in [3.05, 3.63) is 106 Å². The maximum atomic E-state index is 13.6. The minimum absolute atomic E-state index is 0.225. The number of allylic oxidation sites excluding steroid dienone is 1. The highest BCUT2D eigenvalue weighted by molar-refractivity contribution is 6.02. The van der Waals surface area contributed by atoms with E-state index in [2.05, 4.69) is 66.3 Å². The molecule has 16 nitrogen and oxygen atoms in total. The third-order valence-electron chi connectivity index (χ3n) is 14.8. The molecule has 16 heteroatoms. The molecule has 2 aromatic carbocycles. The standard InChI is InChI=1S/C49H55N11O5/c1-3-19-59-47(63)39-28-50-48(54-45(39)60(59)40-13-6-31-15-18-49(64,4-2)44(31)52-40)51-33-7-9-34(10-8-33)57-22-24-58(25-23-57)35-16-20-56(21-17-35)29-30-26-32-5-11-36-42(55-65-43(36)38(32)27-30)37-12-14-41(61)53-46(37)62/h3,5-11,13,28,30,35,37,64H,1,4,12,14-27,29H2,2H3,(H,50,51,54)(H,53,61,62)/t30-,37?,49-/m1/s1. The number of piperidine rings is 2. The summed E-state index contributed by atoms with van der Waals surface area (Å²) in [5.74, 6) is 0.439. The molecule has 7 heterocycles. The molecule has 336 valence electrons. The van der Waals surface area contributed by atoms with Crippen molar-refractivity contribution in [1.29, 1.82) is 0 Å². The number of nitrogens with one attached hydrogen (secondary N) is 2. The molecule has 5 aliphatic rings. The fraction of sp³-hybridized carbons (Fsp3) is 0.449. The summed E-state index contributed by atoms with van der Waals surface area (Å²) in [7, 11) is 0. The molecule has 1 unspecified atom stereocenters. The lowest BCUT2D eigenvalue weighted by atomic mass is 9.92. The van der Waals surface area contributed by atoms with Gasteiger partial charge in [0, 0.05) is 73.7 Å². The number of amides is 2. The van der Waals surface area contributed by atoms with Crippen LogP contribution in [0.15, 0.2) is 76.7 Å². The first-order valence-corrected chi connectivity index (χ1v) is 23.3. The second kappa shape index (κ2) is 16.6. The fourth-order valence-corrected chi connectivity index (χ4v) is 11.2. The van der Waals surface area contributed by atoms with E-state index in [1.54, 1.807) is 21.6 Å². The van der Waals surface area contributed by atoms with Crippen molar-refractivity contribution in [3.8, 4) is 5.82 Å². The number of nitrogens with zero attached hydrogens (tertiary/aromatic N) is 9. The van der Waals surface area contributed by atoms with E-state index in [0.717, 1.165) is 87.3 Å². The Bertz CT molecular complexity index is 2890. The number of carbonyl (C=O) groups is 2. The van der Waals surface area contributed by atoms with Gasteiger partial charge >= 0.3 is 0 Å². The Morgan fingerprint density at radius 2 is 1.72 bits per heavy atom. The highest BCUT2D eigenvalue weighted by Gasteiger charge is 2.38. The SMILES string of the molecule is C=CCn1c(=O)c2cnc(Nc3ccc(N4CCN(C5CCN(C[C@@H]6Cc7ccc8c(C9CCC(=O)NC9=O)noc8c7C6)CC5)CC4)cc3)nc2n1-c1ccc2c(n1)[C@@](O)(CC)CC2. The number of likely N-dealkylation sites (tertiary alicyclic amines) is 1. The van der Waals surface area contributed by atoms with Gasteiger partial charge in [0.15, 0.2) is 17.0 Å². The summed E-state index contributed by atoms with van der Waals surface area (Å²) in [6.45, 7) is 13.4. The van der Waals surface area contributed by atoms with Gasteiger partial charge in [-0.3, -0.25) is 24.6 Å². The van der Waals surface area contributed by atoms with Gasteiger partial charge in [-0.25, -0.2) is 19.3 Å². The predicted molar refractivity (Wildman–Crippen MR) is 247 cm³/mol. The lowest BCUT2D eigenvalue weighted by Crippen LogP contribution is -2.53. The molecule has 0 radical (unpaired) electrons. The van der Waals surface area contributed by atoms with Crippen LogP contribution in [0.5, 0.6) is 0 Å². The fourth-order valence-electron chi connectivity index (χ4n) is 11.2. The number of aliphatic hydroxyl groups is 1. The monoisotopic (exact) mass is 877 g/mol. The third kappa shape index (κ3) is 7.50. The van der Waals surface area contributed by atoms with Crippen LogP contribution in [0.3, 0.4) is 0 Å². The summed E-state index contributed by atoms with van der Waals surface area (Å²) in [5, 5.41) is 22.7. The quantitative estimate of drug-likeness (QED) is 0.116. The smallest absolute Gasteiger partial charge is 0.278 e.